The van der Waals surface area contributed by atoms with Gasteiger partial charge in [0, 0.05) is 13.5 Å². The minimum Gasteiger partial charge on any atom is -0.357 e. The van der Waals surface area contributed by atoms with Crippen molar-refractivity contribution in [3.8, 4) is 59.2 Å². The highest BCUT2D eigenvalue weighted by Crippen LogP contribution is 1.55. The molecule has 0 aromatic carbocycles. The Morgan fingerprint density at radius 1 is 0.833 bits per heavy atom. The SMILES string of the molecule is CC#CC#CC#CC#CC#CC.CCNC(C)=O. The summed E-state index contributed by atoms with van der Waals surface area (Å²) in [5.41, 5.74) is 0. The van der Waals surface area contributed by atoms with Crippen LogP contribution in [0.1, 0.15) is 27.7 Å². The fourth-order valence-electron chi connectivity index (χ4n) is 0.561. The maximum Gasteiger partial charge on any atom is 0.216 e. The fourth-order valence-corrected chi connectivity index (χ4v) is 0.561. The Labute approximate surface area is 110 Å². The number of amides is 1. The molecule has 18 heavy (non-hydrogen) atoms. The Kier molecular flexibility index (Phi) is 16.4. The topological polar surface area (TPSA) is 29.1 Å². The Bertz CT molecular complexity index is 501. The second-order valence-electron chi connectivity index (χ2n) is 2.59. The minimum atomic E-state index is 0.0394. The van der Waals surface area contributed by atoms with E-state index >= 15 is 0 Å². The predicted octanol–water partition coefficient (Wildman–Crippen LogP) is 1.19. The lowest BCUT2D eigenvalue weighted by Gasteiger charge is -1.88. The highest BCUT2D eigenvalue weighted by Gasteiger charge is 1.79. The molecule has 0 rings (SSSR count). The van der Waals surface area contributed by atoms with Crippen LogP contribution in [-0.4, -0.2) is 12.5 Å². The third-order valence-electron chi connectivity index (χ3n) is 1.11. The molecule has 0 heterocycles. The summed E-state index contributed by atoms with van der Waals surface area (Å²) in [4.78, 5) is 9.93. The molecule has 1 N–H and O–H groups in total. The Hall–Kier alpha value is -2.73. The van der Waals surface area contributed by atoms with Crippen LogP contribution in [0.3, 0.4) is 0 Å². The lowest BCUT2D eigenvalue weighted by Crippen LogP contribution is -2.18. The summed E-state index contributed by atoms with van der Waals surface area (Å²) in [6.07, 6.45) is 0. The first-order chi connectivity index (χ1) is 8.68. The van der Waals surface area contributed by atoms with Gasteiger partial charge in [-0.1, -0.05) is 11.8 Å². The Morgan fingerprint density at radius 3 is 1.33 bits per heavy atom. The lowest BCUT2D eigenvalue weighted by molar-refractivity contribution is -0.118. The highest BCUT2D eigenvalue weighted by atomic mass is 16.1. The molecule has 0 fully saturated rings. The van der Waals surface area contributed by atoms with Crippen LogP contribution in [0.5, 0.6) is 0 Å². The molecule has 0 saturated heterocycles. The summed E-state index contributed by atoms with van der Waals surface area (Å²) in [7, 11) is 0. The molecule has 0 aliphatic carbocycles. The van der Waals surface area contributed by atoms with E-state index in [-0.39, 0.29) is 5.91 Å². The smallest absolute Gasteiger partial charge is 0.216 e. The van der Waals surface area contributed by atoms with Gasteiger partial charge in [0.25, 0.3) is 0 Å². The quantitative estimate of drug-likeness (QED) is 0.682. The standard InChI is InChI=1S/C12H6.C4H9NO/c1-3-5-7-9-11-12-10-8-6-4-2;1-3-5-4(2)6/h1-2H3;3H2,1-2H3,(H,5,6). The molecule has 0 atom stereocenters. The van der Waals surface area contributed by atoms with Crippen LogP contribution in [0.2, 0.25) is 0 Å². The van der Waals surface area contributed by atoms with E-state index in [1.165, 1.54) is 6.92 Å². The molecule has 2 heteroatoms. The highest BCUT2D eigenvalue weighted by molar-refractivity contribution is 5.72. The maximum absolute atomic E-state index is 9.93. The van der Waals surface area contributed by atoms with Crippen LogP contribution in [-0.2, 0) is 4.79 Å². The summed E-state index contributed by atoms with van der Waals surface area (Å²) in [6, 6.07) is 0. The van der Waals surface area contributed by atoms with Gasteiger partial charge in [-0.3, -0.25) is 4.79 Å². The second kappa shape index (κ2) is 16.7. The van der Waals surface area contributed by atoms with Crippen molar-refractivity contribution in [2.75, 3.05) is 6.54 Å². The van der Waals surface area contributed by atoms with Gasteiger partial charge >= 0.3 is 0 Å². The number of carbonyl (C=O) groups is 1. The van der Waals surface area contributed by atoms with Gasteiger partial charge in [-0.05, 0) is 68.1 Å². The summed E-state index contributed by atoms with van der Waals surface area (Å²) >= 11 is 0. The van der Waals surface area contributed by atoms with E-state index in [2.05, 4.69) is 64.5 Å². The van der Waals surface area contributed by atoms with E-state index < -0.39 is 0 Å². The minimum absolute atomic E-state index is 0.0394. The zero-order valence-electron chi connectivity index (χ0n) is 11.1. The summed E-state index contributed by atoms with van der Waals surface area (Å²) in [5.74, 6) is 25.6. The lowest BCUT2D eigenvalue weighted by atomic mass is 10.5. The van der Waals surface area contributed by atoms with Gasteiger partial charge in [0.05, 0.1) is 0 Å². The molecule has 0 bridgehead atoms. The molecular formula is C16H15NO. The van der Waals surface area contributed by atoms with Crippen molar-refractivity contribution in [3.05, 3.63) is 0 Å². The van der Waals surface area contributed by atoms with Crippen molar-refractivity contribution >= 4 is 5.91 Å². The second-order valence-corrected chi connectivity index (χ2v) is 2.59. The molecule has 0 aromatic rings. The number of nitrogens with one attached hydrogen (secondary N) is 1. The summed E-state index contributed by atoms with van der Waals surface area (Å²) in [6.45, 7) is 7.57. The van der Waals surface area contributed by atoms with Gasteiger partial charge in [-0.15, -0.1) is 0 Å². The van der Waals surface area contributed by atoms with E-state index in [1.54, 1.807) is 13.8 Å². The van der Waals surface area contributed by atoms with Crippen LogP contribution in [0.25, 0.3) is 0 Å². The van der Waals surface area contributed by atoms with Gasteiger partial charge in [-0.25, -0.2) is 0 Å². The first kappa shape index (κ1) is 17.7. The number of carbonyl (C=O) groups excluding carboxylic acids is 1. The van der Waals surface area contributed by atoms with E-state index in [0.29, 0.717) is 0 Å². The van der Waals surface area contributed by atoms with E-state index in [0.717, 1.165) is 6.54 Å². The van der Waals surface area contributed by atoms with Gasteiger partial charge in [0.1, 0.15) is 0 Å². The van der Waals surface area contributed by atoms with Crippen molar-refractivity contribution in [1.82, 2.24) is 5.32 Å². The average Bonchev–Trinajstić information content (AvgIpc) is 2.33. The molecule has 0 saturated carbocycles. The van der Waals surface area contributed by atoms with Crippen molar-refractivity contribution in [3.63, 3.8) is 0 Å². The van der Waals surface area contributed by atoms with Gasteiger partial charge in [-0.2, -0.15) is 0 Å². The molecule has 0 radical (unpaired) electrons. The Balaban J connectivity index is 0. The first-order valence-corrected chi connectivity index (χ1v) is 5.26. The van der Waals surface area contributed by atoms with Crippen molar-refractivity contribution in [2.24, 2.45) is 0 Å². The van der Waals surface area contributed by atoms with Crippen molar-refractivity contribution in [1.29, 1.82) is 0 Å². The molecule has 0 aromatic heterocycles. The number of rotatable bonds is 1. The molecule has 0 spiro atoms. The average molecular weight is 237 g/mol. The largest absolute Gasteiger partial charge is 0.357 e. The molecule has 0 aliphatic heterocycles. The summed E-state index contributed by atoms with van der Waals surface area (Å²) < 4.78 is 0. The van der Waals surface area contributed by atoms with E-state index in [9.17, 15) is 4.79 Å². The van der Waals surface area contributed by atoms with Crippen LogP contribution in [0.4, 0.5) is 0 Å². The predicted molar refractivity (Wildman–Crippen MR) is 74.6 cm³/mol. The van der Waals surface area contributed by atoms with Crippen molar-refractivity contribution in [2.45, 2.75) is 27.7 Å². The number of hydrogen-bond donors (Lipinski definition) is 1. The molecule has 0 aliphatic rings. The monoisotopic (exact) mass is 237 g/mol. The molecule has 1 amide bonds. The fraction of sp³-hybridized carbons (Fsp3) is 0.312. The van der Waals surface area contributed by atoms with Crippen LogP contribution < -0.4 is 5.32 Å². The molecule has 0 unspecified atom stereocenters. The van der Waals surface area contributed by atoms with Gasteiger partial charge < -0.3 is 5.32 Å². The molecular weight excluding hydrogens is 222 g/mol. The first-order valence-electron chi connectivity index (χ1n) is 5.26. The van der Waals surface area contributed by atoms with Crippen LogP contribution in [0, 0.1) is 59.2 Å². The Morgan fingerprint density at radius 2 is 1.17 bits per heavy atom. The van der Waals surface area contributed by atoms with Gasteiger partial charge in [0.2, 0.25) is 5.91 Å². The number of hydrogen-bond acceptors (Lipinski definition) is 1. The summed E-state index contributed by atoms with van der Waals surface area (Å²) in [5, 5.41) is 2.57. The van der Waals surface area contributed by atoms with E-state index in [4.69, 9.17) is 0 Å². The zero-order chi connectivity index (χ0) is 14.1. The third kappa shape index (κ3) is 23.2. The molecule has 90 valence electrons. The van der Waals surface area contributed by atoms with Crippen molar-refractivity contribution < 1.29 is 4.79 Å². The van der Waals surface area contributed by atoms with Gasteiger partial charge in [0.15, 0.2) is 0 Å². The zero-order valence-corrected chi connectivity index (χ0v) is 11.1. The normalized spacial score (nSPS) is 5.11. The van der Waals surface area contributed by atoms with Crippen LogP contribution >= 0.6 is 0 Å². The molecule has 2 nitrogen and oxygen atoms in total. The third-order valence-corrected chi connectivity index (χ3v) is 1.11. The van der Waals surface area contributed by atoms with E-state index in [1.807, 2.05) is 6.92 Å². The van der Waals surface area contributed by atoms with Crippen LogP contribution in [0.15, 0.2) is 0 Å². The maximum atomic E-state index is 9.93.